The highest BCUT2D eigenvalue weighted by atomic mass is 31.0. The summed E-state index contributed by atoms with van der Waals surface area (Å²) in [6.07, 6.45) is -2.91. The standard InChI is InChI=1S/C42H63O10P/c1-8-20-46-40-30(7)37(51-42-38(29(6)27(4)33(9-2)48-42)47-22-32-18-14-11-15-19-32)39(35(50-40)24-45-25-53)52-41-36(43)28(5)26(3)34(49-41)23-44-21-31-16-12-10-13-17-31/h8,10-19,26-30,33-43H,1,9,20-25,53H2,2-7H3/t26-,27-,28-,29-,30?,33?,34?,35?,36?,37+,38?,39+,40-,41-,42-/m0/s1. The van der Waals surface area contributed by atoms with Crippen LogP contribution in [0, 0.1) is 29.6 Å². The molecule has 10 nitrogen and oxygen atoms in total. The zero-order chi connectivity index (χ0) is 37.9. The molecule has 5 rings (SSSR count). The molecule has 11 heteroatoms. The maximum Gasteiger partial charge on any atom is 0.184 e. The van der Waals surface area contributed by atoms with Crippen molar-refractivity contribution in [2.45, 2.75) is 123 Å². The molecule has 3 aliphatic rings. The third-order valence-corrected chi connectivity index (χ3v) is 11.7. The Morgan fingerprint density at radius 1 is 0.642 bits per heavy atom. The Hall–Kier alpha value is -1.79. The Balaban J connectivity index is 1.41. The summed E-state index contributed by atoms with van der Waals surface area (Å²) in [7, 11) is 2.59. The van der Waals surface area contributed by atoms with E-state index >= 15 is 0 Å². The van der Waals surface area contributed by atoms with E-state index in [9.17, 15) is 5.11 Å². The number of ether oxygens (including phenoxy) is 9. The zero-order valence-corrected chi connectivity index (χ0v) is 33.5. The minimum absolute atomic E-state index is 0.0207. The van der Waals surface area contributed by atoms with Crippen molar-refractivity contribution in [1.29, 1.82) is 0 Å². The van der Waals surface area contributed by atoms with Gasteiger partial charge < -0.3 is 47.7 Å². The lowest BCUT2D eigenvalue weighted by atomic mass is 9.82. The van der Waals surface area contributed by atoms with Crippen LogP contribution < -0.4 is 0 Å². The first kappa shape index (κ1) is 42.4. The Bertz CT molecular complexity index is 1340. The van der Waals surface area contributed by atoms with Gasteiger partial charge in [-0.25, -0.2) is 0 Å². The molecule has 16 atom stereocenters. The van der Waals surface area contributed by atoms with Crippen LogP contribution in [0.2, 0.25) is 0 Å². The van der Waals surface area contributed by atoms with E-state index in [4.69, 9.17) is 42.6 Å². The third-order valence-electron chi connectivity index (χ3n) is 11.4. The molecule has 2 aromatic rings. The van der Waals surface area contributed by atoms with Crippen LogP contribution in [-0.2, 0) is 55.8 Å². The summed E-state index contributed by atoms with van der Waals surface area (Å²) in [5, 5.41) is 11.6. The van der Waals surface area contributed by atoms with Gasteiger partial charge in [-0.15, -0.1) is 15.8 Å². The molecule has 3 aliphatic heterocycles. The Morgan fingerprint density at radius 3 is 1.87 bits per heavy atom. The fourth-order valence-electron chi connectivity index (χ4n) is 7.67. The number of hydrogen-bond donors (Lipinski definition) is 1. The first-order chi connectivity index (χ1) is 25.7. The first-order valence-electron chi connectivity index (χ1n) is 19.4. The monoisotopic (exact) mass is 758 g/mol. The molecule has 296 valence electrons. The molecule has 2 aromatic carbocycles. The maximum atomic E-state index is 11.6. The summed E-state index contributed by atoms with van der Waals surface area (Å²) in [6, 6.07) is 20.2. The summed E-state index contributed by atoms with van der Waals surface area (Å²) in [6.45, 7) is 18.3. The summed E-state index contributed by atoms with van der Waals surface area (Å²) >= 11 is 0. The minimum Gasteiger partial charge on any atom is -0.388 e. The molecule has 0 radical (unpaired) electrons. The van der Waals surface area contributed by atoms with Crippen molar-refractivity contribution in [2.75, 3.05) is 26.2 Å². The minimum atomic E-state index is -0.970. The molecular formula is C42H63O10P. The van der Waals surface area contributed by atoms with Gasteiger partial charge in [0.15, 0.2) is 18.9 Å². The molecular weight excluding hydrogens is 695 g/mol. The van der Waals surface area contributed by atoms with Crippen molar-refractivity contribution in [3.8, 4) is 0 Å². The van der Waals surface area contributed by atoms with E-state index in [2.05, 4.69) is 55.6 Å². The number of aliphatic hydroxyl groups excluding tert-OH is 1. The molecule has 0 aliphatic carbocycles. The fraction of sp³-hybridized carbons (Fsp3) is 0.667. The van der Waals surface area contributed by atoms with Crippen molar-refractivity contribution in [2.24, 2.45) is 29.6 Å². The van der Waals surface area contributed by atoms with Crippen molar-refractivity contribution < 1.29 is 47.7 Å². The van der Waals surface area contributed by atoms with Gasteiger partial charge >= 0.3 is 0 Å². The predicted molar refractivity (Wildman–Crippen MR) is 206 cm³/mol. The normalized spacial score (nSPS) is 37.7. The third kappa shape index (κ3) is 11.0. The van der Waals surface area contributed by atoms with E-state index in [0.717, 1.165) is 17.5 Å². The van der Waals surface area contributed by atoms with Crippen LogP contribution in [0.5, 0.6) is 0 Å². The van der Waals surface area contributed by atoms with E-state index in [1.54, 1.807) is 6.08 Å². The molecule has 3 saturated heterocycles. The first-order valence-corrected chi connectivity index (χ1v) is 20.2. The molecule has 0 bridgehead atoms. The summed E-state index contributed by atoms with van der Waals surface area (Å²) in [5.41, 5.74) is 2.16. The Kier molecular flexibility index (Phi) is 16.7. The predicted octanol–water partition coefficient (Wildman–Crippen LogP) is 6.74. The lowest BCUT2D eigenvalue weighted by molar-refractivity contribution is -0.374. The number of hydrogen-bond acceptors (Lipinski definition) is 10. The Morgan fingerprint density at radius 2 is 1.23 bits per heavy atom. The summed E-state index contributed by atoms with van der Waals surface area (Å²) in [4.78, 5) is 0. The van der Waals surface area contributed by atoms with Crippen molar-refractivity contribution >= 4 is 9.24 Å². The lowest BCUT2D eigenvalue weighted by Crippen LogP contribution is -2.63. The smallest absolute Gasteiger partial charge is 0.184 e. The molecule has 3 heterocycles. The van der Waals surface area contributed by atoms with Crippen molar-refractivity contribution in [3.63, 3.8) is 0 Å². The Labute approximate surface area is 319 Å². The molecule has 7 unspecified atom stereocenters. The second-order valence-electron chi connectivity index (χ2n) is 14.9. The van der Waals surface area contributed by atoms with E-state index in [1.165, 1.54) is 0 Å². The van der Waals surface area contributed by atoms with Gasteiger partial charge in [0, 0.05) is 5.92 Å². The van der Waals surface area contributed by atoms with Crippen LogP contribution >= 0.6 is 9.24 Å². The van der Waals surface area contributed by atoms with Gasteiger partial charge in [0.1, 0.15) is 24.4 Å². The van der Waals surface area contributed by atoms with E-state index in [-0.39, 0.29) is 54.5 Å². The largest absolute Gasteiger partial charge is 0.388 e. The number of aliphatic hydroxyl groups is 1. The van der Waals surface area contributed by atoms with Gasteiger partial charge in [-0.1, -0.05) is 108 Å². The van der Waals surface area contributed by atoms with E-state index < -0.39 is 43.3 Å². The maximum absolute atomic E-state index is 11.6. The highest BCUT2D eigenvalue weighted by molar-refractivity contribution is 7.16. The molecule has 0 spiro atoms. The number of benzene rings is 2. The number of rotatable bonds is 18. The van der Waals surface area contributed by atoms with Crippen molar-refractivity contribution in [3.05, 3.63) is 84.4 Å². The van der Waals surface area contributed by atoms with Crippen LogP contribution in [0.1, 0.15) is 59.1 Å². The molecule has 53 heavy (non-hydrogen) atoms. The lowest BCUT2D eigenvalue weighted by Gasteiger charge is -2.51. The van der Waals surface area contributed by atoms with Gasteiger partial charge in [-0.3, -0.25) is 0 Å². The highest BCUT2D eigenvalue weighted by Gasteiger charge is 2.53. The van der Waals surface area contributed by atoms with Gasteiger partial charge in [-0.05, 0) is 41.2 Å². The highest BCUT2D eigenvalue weighted by Crippen LogP contribution is 2.41. The van der Waals surface area contributed by atoms with E-state index in [0.29, 0.717) is 32.8 Å². The molecule has 0 amide bonds. The quantitative estimate of drug-likeness (QED) is 0.130. The van der Waals surface area contributed by atoms with Gasteiger partial charge in [0.05, 0.1) is 57.7 Å². The van der Waals surface area contributed by atoms with Crippen LogP contribution in [0.4, 0.5) is 0 Å². The average molecular weight is 759 g/mol. The molecule has 3 fully saturated rings. The SMILES string of the molecule is C=CCO[C@H]1OC(COCP)[C@@H](O[C@@H]2OC(COCc3ccccc3)[C@@H](C)[C@H](C)C2O)[C@H](O[C@@H]2OC(CC)[C@@H](C)[C@H](C)C2OCc2ccccc2)C1C. The fourth-order valence-corrected chi connectivity index (χ4v) is 7.80. The average Bonchev–Trinajstić information content (AvgIpc) is 3.17. The summed E-state index contributed by atoms with van der Waals surface area (Å²) in [5.74, 6) is -0.0292. The van der Waals surface area contributed by atoms with Crippen LogP contribution in [-0.4, -0.2) is 92.9 Å². The van der Waals surface area contributed by atoms with Crippen LogP contribution in [0.25, 0.3) is 0 Å². The zero-order valence-electron chi connectivity index (χ0n) is 32.4. The van der Waals surface area contributed by atoms with E-state index in [1.807, 2.05) is 62.4 Å². The summed E-state index contributed by atoms with van der Waals surface area (Å²) < 4.78 is 58.8. The van der Waals surface area contributed by atoms with Gasteiger partial charge in [-0.2, -0.15) is 0 Å². The topological polar surface area (TPSA) is 103 Å². The molecule has 0 saturated carbocycles. The second-order valence-corrected chi connectivity index (χ2v) is 15.3. The second kappa shape index (κ2) is 20.9. The van der Waals surface area contributed by atoms with Gasteiger partial charge in [0.2, 0.25) is 0 Å². The molecule has 0 aromatic heterocycles. The van der Waals surface area contributed by atoms with Gasteiger partial charge in [0.25, 0.3) is 0 Å². The molecule has 1 N–H and O–H groups in total. The van der Waals surface area contributed by atoms with Crippen molar-refractivity contribution in [1.82, 2.24) is 0 Å². The van der Waals surface area contributed by atoms with Crippen LogP contribution in [0.15, 0.2) is 73.3 Å². The van der Waals surface area contributed by atoms with Crippen LogP contribution in [0.3, 0.4) is 0 Å².